The summed E-state index contributed by atoms with van der Waals surface area (Å²) in [4.78, 5) is 20.5. The number of likely N-dealkylation sites (tertiary alicyclic amines) is 1. The standard InChI is InChI=1S/C18H31N3OS/c1-12(2)18-20-14(5)16(23-18)11-19-17(22)10-15-6-8-21(9-7-15)13(3)4/h12-13,15H,6-11H2,1-5H3,(H,19,22). The van der Waals surface area contributed by atoms with Crippen LogP contribution in [0.5, 0.6) is 0 Å². The Kier molecular flexibility index (Phi) is 6.60. The van der Waals surface area contributed by atoms with Gasteiger partial charge in [-0.3, -0.25) is 4.79 Å². The van der Waals surface area contributed by atoms with Gasteiger partial charge in [0.05, 0.1) is 17.2 Å². The Bertz CT molecular complexity index is 516. The molecule has 1 aromatic rings. The molecule has 1 fully saturated rings. The van der Waals surface area contributed by atoms with Crippen LogP contribution in [-0.4, -0.2) is 34.9 Å². The summed E-state index contributed by atoms with van der Waals surface area (Å²) in [6, 6.07) is 0.620. The summed E-state index contributed by atoms with van der Waals surface area (Å²) in [6.07, 6.45) is 2.95. The summed E-state index contributed by atoms with van der Waals surface area (Å²) in [5.74, 6) is 1.18. The molecule has 2 rings (SSSR count). The third-order valence-electron chi connectivity index (χ3n) is 4.70. The molecular formula is C18H31N3OS. The molecule has 0 saturated carbocycles. The maximum atomic E-state index is 12.2. The molecule has 1 amide bonds. The minimum atomic E-state index is 0.187. The third-order valence-corrected chi connectivity index (χ3v) is 6.16. The molecule has 1 aromatic heterocycles. The van der Waals surface area contributed by atoms with E-state index in [1.54, 1.807) is 11.3 Å². The number of nitrogens with zero attached hydrogens (tertiary/aromatic N) is 2. The second kappa shape index (κ2) is 8.25. The Morgan fingerprint density at radius 3 is 2.48 bits per heavy atom. The Balaban J connectivity index is 1.75. The number of thiazole rings is 1. The van der Waals surface area contributed by atoms with Crippen LogP contribution in [0.2, 0.25) is 0 Å². The summed E-state index contributed by atoms with van der Waals surface area (Å²) in [5.41, 5.74) is 1.06. The topological polar surface area (TPSA) is 45.2 Å². The number of carbonyl (C=O) groups excluding carboxylic acids is 1. The second-order valence-corrected chi connectivity index (χ2v) is 8.38. The van der Waals surface area contributed by atoms with Crippen molar-refractivity contribution in [1.82, 2.24) is 15.2 Å². The predicted octanol–water partition coefficient (Wildman–Crippen LogP) is 3.70. The van der Waals surface area contributed by atoms with Gasteiger partial charge in [-0.1, -0.05) is 13.8 Å². The van der Waals surface area contributed by atoms with E-state index in [0.29, 0.717) is 30.8 Å². The maximum absolute atomic E-state index is 12.2. The molecule has 1 aliphatic rings. The van der Waals surface area contributed by atoms with E-state index in [9.17, 15) is 4.79 Å². The lowest BCUT2D eigenvalue weighted by Crippen LogP contribution is -2.39. The Morgan fingerprint density at radius 1 is 1.30 bits per heavy atom. The highest BCUT2D eigenvalue weighted by Crippen LogP contribution is 2.25. The van der Waals surface area contributed by atoms with Gasteiger partial charge in [-0.25, -0.2) is 4.98 Å². The number of amides is 1. The highest BCUT2D eigenvalue weighted by molar-refractivity contribution is 7.11. The zero-order valence-corrected chi connectivity index (χ0v) is 16.0. The van der Waals surface area contributed by atoms with Crippen molar-refractivity contribution in [2.24, 2.45) is 5.92 Å². The van der Waals surface area contributed by atoms with Crippen molar-refractivity contribution in [3.05, 3.63) is 15.6 Å². The van der Waals surface area contributed by atoms with E-state index in [-0.39, 0.29) is 5.91 Å². The van der Waals surface area contributed by atoms with Crippen LogP contribution in [0.25, 0.3) is 0 Å². The lowest BCUT2D eigenvalue weighted by atomic mass is 9.92. The van der Waals surface area contributed by atoms with Crippen molar-refractivity contribution >= 4 is 17.2 Å². The molecule has 4 nitrogen and oxygen atoms in total. The van der Waals surface area contributed by atoms with Crippen LogP contribution in [0, 0.1) is 12.8 Å². The molecule has 1 saturated heterocycles. The smallest absolute Gasteiger partial charge is 0.220 e. The molecule has 0 aliphatic carbocycles. The van der Waals surface area contributed by atoms with E-state index in [1.807, 2.05) is 6.92 Å². The maximum Gasteiger partial charge on any atom is 0.220 e. The van der Waals surface area contributed by atoms with Crippen molar-refractivity contribution in [2.75, 3.05) is 13.1 Å². The van der Waals surface area contributed by atoms with Gasteiger partial charge in [0.1, 0.15) is 0 Å². The third kappa shape index (κ3) is 5.28. The first kappa shape index (κ1) is 18.4. The molecule has 0 spiro atoms. The van der Waals surface area contributed by atoms with Crippen LogP contribution in [0.4, 0.5) is 0 Å². The molecule has 130 valence electrons. The highest BCUT2D eigenvalue weighted by atomic mass is 32.1. The number of hydrogen-bond acceptors (Lipinski definition) is 4. The van der Waals surface area contributed by atoms with Crippen molar-refractivity contribution < 1.29 is 4.79 Å². The lowest BCUT2D eigenvalue weighted by molar-refractivity contribution is -0.122. The number of aryl methyl sites for hydroxylation is 1. The summed E-state index contributed by atoms with van der Waals surface area (Å²) >= 11 is 1.73. The summed E-state index contributed by atoms with van der Waals surface area (Å²) in [5, 5.41) is 4.25. The molecule has 1 N–H and O–H groups in total. The van der Waals surface area contributed by atoms with E-state index in [2.05, 4.69) is 42.9 Å². The second-order valence-electron chi connectivity index (χ2n) is 7.27. The zero-order chi connectivity index (χ0) is 17.0. The van der Waals surface area contributed by atoms with E-state index < -0.39 is 0 Å². The van der Waals surface area contributed by atoms with Gasteiger partial charge in [-0.15, -0.1) is 11.3 Å². The van der Waals surface area contributed by atoms with Gasteiger partial charge in [0, 0.05) is 23.3 Å². The minimum Gasteiger partial charge on any atom is -0.351 e. The van der Waals surface area contributed by atoms with Crippen molar-refractivity contribution in [2.45, 2.75) is 72.4 Å². The predicted molar refractivity (Wildman–Crippen MR) is 96.8 cm³/mol. The fourth-order valence-electron chi connectivity index (χ4n) is 3.05. The fraction of sp³-hybridized carbons (Fsp3) is 0.778. The van der Waals surface area contributed by atoms with Gasteiger partial charge in [-0.05, 0) is 52.6 Å². The van der Waals surface area contributed by atoms with Crippen molar-refractivity contribution in [1.29, 1.82) is 0 Å². The number of aromatic nitrogens is 1. The minimum absolute atomic E-state index is 0.187. The highest BCUT2D eigenvalue weighted by Gasteiger charge is 2.22. The largest absolute Gasteiger partial charge is 0.351 e. The number of rotatable bonds is 6. The van der Waals surface area contributed by atoms with Crippen LogP contribution in [0.15, 0.2) is 0 Å². The molecule has 0 unspecified atom stereocenters. The summed E-state index contributed by atoms with van der Waals surface area (Å²) < 4.78 is 0. The van der Waals surface area contributed by atoms with Crippen LogP contribution in [0.1, 0.15) is 68.5 Å². The lowest BCUT2D eigenvalue weighted by Gasteiger charge is -2.34. The van der Waals surface area contributed by atoms with Crippen molar-refractivity contribution in [3.63, 3.8) is 0 Å². The van der Waals surface area contributed by atoms with E-state index >= 15 is 0 Å². The van der Waals surface area contributed by atoms with Crippen LogP contribution < -0.4 is 5.32 Å². The molecule has 1 aliphatic heterocycles. The van der Waals surface area contributed by atoms with E-state index in [4.69, 9.17) is 0 Å². The molecule has 2 heterocycles. The number of nitrogens with one attached hydrogen (secondary N) is 1. The van der Waals surface area contributed by atoms with Gasteiger partial charge in [-0.2, -0.15) is 0 Å². The Morgan fingerprint density at radius 2 is 1.96 bits per heavy atom. The monoisotopic (exact) mass is 337 g/mol. The summed E-state index contributed by atoms with van der Waals surface area (Å²) in [7, 11) is 0. The van der Waals surface area contributed by atoms with Crippen molar-refractivity contribution in [3.8, 4) is 0 Å². The zero-order valence-electron chi connectivity index (χ0n) is 15.2. The molecule has 0 radical (unpaired) electrons. The first-order chi connectivity index (χ1) is 10.9. The average molecular weight is 338 g/mol. The van der Waals surface area contributed by atoms with Gasteiger partial charge in [0.25, 0.3) is 0 Å². The van der Waals surface area contributed by atoms with Crippen LogP contribution in [0.3, 0.4) is 0 Å². The van der Waals surface area contributed by atoms with Gasteiger partial charge < -0.3 is 10.2 Å². The molecular weight excluding hydrogens is 306 g/mol. The Labute approximate surface area is 144 Å². The average Bonchev–Trinajstić information content (AvgIpc) is 2.87. The van der Waals surface area contributed by atoms with Gasteiger partial charge in [0.2, 0.25) is 5.91 Å². The van der Waals surface area contributed by atoms with Crippen LogP contribution in [-0.2, 0) is 11.3 Å². The van der Waals surface area contributed by atoms with Gasteiger partial charge >= 0.3 is 0 Å². The Hall–Kier alpha value is -0.940. The van der Waals surface area contributed by atoms with E-state index in [0.717, 1.165) is 36.6 Å². The quantitative estimate of drug-likeness (QED) is 0.861. The molecule has 5 heteroatoms. The SMILES string of the molecule is Cc1nc(C(C)C)sc1CNC(=O)CC1CCN(C(C)C)CC1. The normalized spacial score (nSPS) is 17.2. The molecule has 0 bridgehead atoms. The molecule has 0 aromatic carbocycles. The van der Waals surface area contributed by atoms with Crippen LogP contribution >= 0.6 is 11.3 Å². The van der Waals surface area contributed by atoms with Gasteiger partial charge in [0.15, 0.2) is 0 Å². The fourth-order valence-corrected chi connectivity index (χ4v) is 4.06. The van der Waals surface area contributed by atoms with E-state index in [1.165, 1.54) is 4.88 Å². The molecule has 23 heavy (non-hydrogen) atoms. The first-order valence-electron chi connectivity index (χ1n) is 8.83. The molecule has 0 atom stereocenters. The summed E-state index contributed by atoms with van der Waals surface area (Å²) in [6.45, 7) is 13.7. The first-order valence-corrected chi connectivity index (χ1v) is 9.65. The number of piperidine rings is 1. The number of carbonyl (C=O) groups is 1. The number of hydrogen-bond donors (Lipinski definition) is 1.